The molecule has 0 N–H and O–H groups in total. The average Bonchev–Trinajstić information content (AvgIpc) is 2.15. The number of halogens is 3. The molecular weight excluding hydrogens is 219 g/mol. The van der Waals surface area contributed by atoms with Gasteiger partial charge in [0.2, 0.25) is 5.91 Å². The highest BCUT2D eigenvalue weighted by Crippen LogP contribution is 2.54. The molecule has 0 unspecified atom stereocenters. The zero-order valence-electron chi connectivity index (χ0n) is 9.02. The maximum absolute atomic E-state index is 12.9. The van der Waals surface area contributed by atoms with Gasteiger partial charge in [-0.15, -0.1) is 0 Å². The molecule has 16 heavy (non-hydrogen) atoms. The number of rotatable bonds is 1. The molecule has 0 bridgehead atoms. The molecule has 2 nitrogen and oxygen atoms in total. The van der Waals surface area contributed by atoms with Crippen LogP contribution in [-0.4, -0.2) is 30.1 Å². The van der Waals surface area contributed by atoms with Crippen molar-refractivity contribution in [1.29, 1.82) is 0 Å². The van der Waals surface area contributed by atoms with Crippen molar-refractivity contribution in [2.24, 2.45) is 5.41 Å². The van der Waals surface area contributed by atoms with Crippen LogP contribution in [0.2, 0.25) is 0 Å². The van der Waals surface area contributed by atoms with E-state index in [0.717, 1.165) is 0 Å². The highest BCUT2D eigenvalue weighted by molar-refractivity contribution is 5.84. The predicted molar refractivity (Wildman–Crippen MR) is 52.5 cm³/mol. The first-order valence-electron chi connectivity index (χ1n) is 5.65. The molecule has 0 aromatic heterocycles. The minimum Gasteiger partial charge on any atom is -0.342 e. The molecule has 1 saturated carbocycles. The van der Waals surface area contributed by atoms with Gasteiger partial charge in [0, 0.05) is 13.1 Å². The molecule has 5 heteroatoms. The summed E-state index contributed by atoms with van der Waals surface area (Å²) in [5.74, 6) is -0.695. The van der Waals surface area contributed by atoms with Gasteiger partial charge < -0.3 is 4.90 Å². The Labute approximate surface area is 92.8 Å². The van der Waals surface area contributed by atoms with Crippen molar-refractivity contribution in [2.75, 3.05) is 13.1 Å². The predicted octanol–water partition coefficient (Wildman–Crippen LogP) is 2.55. The molecule has 2 aliphatic rings. The summed E-state index contributed by atoms with van der Waals surface area (Å²) in [6.45, 7) is 0.882. The summed E-state index contributed by atoms with van der Waals surface area (Å²) < 4.78 is 38.7. The van der Waals surface area contributed by atoms with E-state index in [4.69, 9.17) is 0 Å². The average molecular weight is 234 g/mol. The number of nitrogens with zero attached hydrogens (tertiary/aromatic N) is 1. The summed E-state index contributed by atoms with van der Waals surface area (Å²) in [5.41, 5.74) is -2.05. The Morgan fingerprint density at radius 2 is 1.75 bits per heavy atom. The molecule has 0 aromatic rings. The fraction of sp³-hybridized carbons (Fsp3) is 0.818. The smallest absolute Gasteiger partial charge is 0.342 e. The SMILES string of the molecule is O=C(N1CC[CH]CC1)C1(C(F)(F)F)CCC1. The lowest BCUT2D eigenvalue weighted by Crippen LogP contribution is -2.57. The van der Waals surface area contributed by atoms with E-state index in [-0.39, 0.29) is 12.8 Å². The van der Waals surface area contributed by atoms with Crippen molar-refractivity contribution in [3.05, 3.63) is 6.42 Å². The molecular formula is C11H15F3NO. The van der Waals surface area contributed by atoms with Crippen LogP contribution in [-0.2, 0) is 4.79 Å². The van der Waals surface area contributed by atoms with Crippen LogP contribution in [0.25, 0.3) is 0 Å². The largest absolute Gasteiger partial charge is 0.403 e. The number of amides is 1. The van der Waals surface area contributed by atoms with Gasteiger partial charge >= 0.3 is 6.18 Å². The molecule has 0 aromatic carbocycles. The fourth-order valence-electron chi connectivity index (χ4n) is 2.41. The summed E-state index contributed by atoms with van der Waals surface area (Å²) in [7, 11) is 0. The second-order valence-electron chi connectivity index (χ2n) is 4.59. The fourth-order valence-corrected chi connectivity index (χ4v) is 2.41. The van der Waals surface area contributed by atoms with Gasteiger partial charge in [-0.25, -0.2) is 0 Å². The molecule has 1 saturated heterocycles. The van der Waals surface area contributed by atoms with Crippen LogP contribution >= 0.6 is 0 Å². The maximum atomic E-state index is 12.9. The molecule has 1 heterocycles. The van der Waals surface area contributed by atoms with Gasteiger partial charge in [-0.05, 0) is 32.1 Å². The third-order valence-corrected chi connectivity index (χ3v) is 3.65. The summed E-state index contributed by atoms with van der Waals surface area (Å²) in [6.07, 6.45) is -0.510. The van der Waals surface area contributed by atoms with E-state index in [1.54, 1.807) is 0 Å². The van der Waals surface area contributed by atoms with Crippen molar-refractivity contribution < 1.29 is 18.0 Å². The highest BCUT2D eigenvalue weighted by Gasteiger charge is 2.64. The third-order valence-electron chi connectivity index (χ3n) is 3.65. The zero-order chi connectivity index (χ0) is 11.8. The molecule has 91 valence electrons. The van der Waals surface area contributed by atoms with Crippen molar-refractivity contribution in [2.45, 2.75) is 38.3 Å². The highest BCUT2D eigenvalue weighted by atomic mass is 19.4. The first-order valence-corrected chi connectivity index (χ1v) is 5.65. The monoisotopic (exact) mass is 234 g/mol. The quantitative estimate of drug-likeness (QED) is 0.682. The number of carbonyl (C=O) groups is 1. The van der Waals surface area contributed by atoms with Crippen molar-refractivity contribution in [3.63, 3.8) is 0 Å². The van der Waals surface area contributed by atoms with Gasteiger partial charge in [-0.3, -0.25) is 4.79 Å². The van der Waals surface area contributed by atoms with Gasteiger partial charge in [0.25, 0.3) is 0 Å². The van der Waals surface area contributed by atoms with Crippen LogP contribution < -0.4 is 0 Å². The summed E-state index contributed by atoms with van der Waals surface area (Å²) in [6, 6.07) is 0. The van der Waals surface area contributed by atoms with Crippen LogP contribution in [0, 0.1) is 11.8 Å². The number of hydrogen-bond donors (Lipinski definition) is 0. The van der Waals surface area contributed by atoms with E-state index in [2.05, 4.69) is 0 Å². The van der Waals surface area contributed by atoms with Crippen LogP contribution in [0.4, 0.5) is 13.2 Å². The van der Waals surface area contributed by atoms with Crippen LogP contribution in [0.1, 0.15) is 32.1 Å². The van der Waals surface area contributed by atoms with Gasteiger partial charge in [-0.2, -0.15) is 13.2 Å². The van der Waals surface area contributed by atoms with Crippen molar-refractivity contribution in [3.8, 4) is 0 Å². The second-order valence-corrected chi connectivity index (χ2v) is 4.59. The number of hydrogen-bond acceptors (Lipinski definition) is 1. The summed E-state index contributed by atoms with van der Waals surface area (Å²) >= 11 is 0. The van der Waals surface area contributed by atoms with E-state index >= 15 is 0 Å². The lowest BCUT2D eigenvalue weighted by Gasteiger charge is -2.45. The Balaban J connectivity index is 2.12. The molecule has 1 amide bonds. The van der Waals surface area contributed by atoms with E-state index in [0.29, 0.717) is 32.4 Å². The van der Waals surface area contributed by atoms with Crippen LogP contribution in [0.5, 0.6) is 0 Å². The van der Waals surface area contributed by atoms with Crippen LogP contribution in [0.3, 0.4) is 0 Å². The first-order chi connectivity index (χ1) is 7.47. The Kier molecular flexibility index (Phi) is 2.88. The molecule has 1 radical (unpaired) electrons. The van der Waals surface area contributed by atoms with E-state index in [1.807, 2.05) is 6.42 Å². The molecule has 0 atom stereocenters. The van der Waals surface area contributed by atoms with E-state index in [9.17, 15) is 18.0 Å². The minimum absolute atomic E-state index is 0.0322. The molecule has 1 aliphatic heterocycles. The lowest BCUT2D eigenvalue weighted by molar-refractivity contribution is -0.248. The van der Waals surface area contributed by atoms with Crippen molar-refractivity contribution in [1.82, 2.24) is 4.90 Å². The second kappa shape index (κ2) is 3.93. The van der Waals surface area contributed by atoms with Gasteiger partial charge in [0.15, 0.2) is 0 Å². The summed E-state index contributed by atoms with van der Waals surface area (Å²) in [5, 5.41) is 0. The Morgan fingerprint density at radius 3 is 2.12 bits per heavy atom. The van der Waals surface area contributed by atoms with E-state index in [1.165, 1.54) is 4.90 Å². The topological polar surface area (TPSA) is 20.3 Å². The normalized spacial score (nSPS) is 25.1. The lowest BCUT2D eigenvalue weighted by atomic mass is 9.67. The number of carbonyl (C=O) groups excluding carboxylic acids is 1. The molecule has 2 rings (SSSR count). The molecule has 2 fully saturated rings. The third kappa shape index (κ3) is 1.70. The number of alkyl halides is 3. The van der Waals surface area contributed by atoms with Crippen LogP contribution in [0.15, 0.2) is 0 Å². The van der Waals surface area contributed by atoms with Gasteiger partial charge in [-0.1, -0.05) is 6.42 Å². The van der Waals surface area contributed by atoms with Crippen molar-refractivity contribution >= 4 is 5.91 Å². The van der Waals surface area contributed by atoms with Gasteiger partial charge in [0.05, 0.1) is 0 Å². The zero-order valence-corrected chi connectivity index (χ0v) is 9.02. The Morgan fingerprint density at radius 1 is 1.19 bits per heavy atom. The number of piperidine rings is 1. The molecule has 0 spiro atoms. The Hall–Kier alpha value is -0.740. The molecule has 1 aliphatic carbocycles. The van der Waals surface area contributed by atoms with E-state index < -0.39 is 17.5 Å². The Bertz CT molecular complexity index is 277. The van der Waals surface area contributed by atoms with Gasteiger partial charge in [0.1, 0.15) is 5.41 Å². The minimum atomic E-state index is -4.39. The first kappa shape index (κ1) is 11.7. The summed E-state index contributed by atoms with van der Waals surface area (Å²) in [4.78, 5) is 13.3. The maximum Gasteiger partial charge on any atom is 0.403 e. The standard InChI is InChI=1S/C11H15F3NO/c12-11(13,14)10(5-4-6-10)9(16)15-7-2-1-3-8-15/h1H,2-8H2. The number of likely N-dealkylation sites (tertiary alicyclic amines) is 1.